The van der Waals surface area contributed by atoms with Gasteiger partial charge in [-0.1, -0.05) is 13.8 Å². The molecule has 0 aliphatic heterocycles. The molecule has 1 heterocycles. The summed E-state index contributed by atoms with van der Waals surface area (Å²) in [6.07, 6.45) is 2.72. The molecule has 86 valence electrons. The maximum atomic E-state index is 2.52. The lowest BCUT2D eigenvalue weighted by molar-refractivity contribution is -0.708. The van der Waals surface area contributed by atoms with E-state index in [9.17, 15) is 0 Å². The Morgan fingerprint density at radius 1 is 1.38 bits per heavy atom. The van der Waals surface area contributed by atoms with Gasteiger partial charge in [-0.25, -0.2) is 4.57 Å². The van der Waals surface area contributed by atoms with Crippen LogP contribution < -0.4 is 4.57 Å². The smallest absolute Gasteiger partial charge is 0.185 e. The first-order valence-electron chi connectivity index (χ1n) is 6.58. The summed E-state index contributed by atoms with van der Waals surface area (Å²) < 4.78 is 2.52. The number of pyridine rings is 1. The summed E-state index contributed by atoms with van der Waals surface area (Å²) in [7, 11) is 0. The molecule has 3 aliphatic rings. The van der Waals surface area contributed by atoms with Crippen LogP contribution in [0.3, 0.4) is 0 Å². The van der Waals surface area contributed by atoms with E-state index in [1.807, 2.05) is 0 Å². The van der Waals surface area contributed by atoms with Gasteiger partial charge in [-0.2, -0.15) is 0 Å². The van der Waals surface area contributed by atoms with E-state index in [1.54, 1.807) is 11.3 Å². The van der Waals surface area contributed by atoms with Crippen LogP contribution in [0.25, 0.3) is 0 Å². The van der Waals surface area contributed by atoms with Gasteiger partial charge in [-0.15, -0.1) is 0 Å². The maximum Gasteiger partial charge on any atom is 0.185 e. The Bertz CT molecular complexity index is 445. The van der Waals surface area contributed by atoms with Gasteiger partial charge < -0.3 is 0 Å². The van der Waals surface area contributed by atoms with Gasteiger partial charge in [0.25, 0.3) is 0 Å². The van der Waals surface area contributed by atoms with Crippen LogP contribution in [0.15, 0.2) is 12.1 Å². The number of aromatic nitrogens is 1. The summed E-state index contributed by atoms with van der Waals surface area (Å²) in [4.78, 5) is 0. The van der Waals surface area contributed by atoms with Crippen LogP contribution in [0.4, 0.5) is 0 Å². The summed E-state index contributed by atoms with van der Waals surface area (Å²) in [6, 6.07) is 4.69. The summed E-state index contributed by atoms with van der Waals surface area (Å²) in [5.74, 6) is 1.74. The molecule has 16 heavy (non-hydrogen) atoms. The van der Waals surface area contributed by atoms with Crippen molar-refractivity contribution in [2.45, 2.75) is 53.0 Å². The number of rotatable bonds is 1. The van der Waals surface area contributed by atoms with Crippen molar-refractivity contribution in [2.24, 2.45) is 11.3 Å². The molecule has 0 amide bonds. The van der Waals surface area contributed by atoms with Gasteiger partial charge >= 0.3 is 0 Å². The monoisotopic (exact) mass is 216 g/mol. The summed E-state index contributed by atoms with van der Waals surface area (Å²) in [5, 5.41) is 0. The zero-order valence-electron chi connectivity index (χ0n) is 10.9. The fourth-order valence-electron chi connectivity index (χ4n) is 3.87. The van der Waals surface area contributed by atoms with Gasteiger partial charge in [-0.05, 0) is 36.7 Å². The minimum Gasteiger partial charge on any atom is -0.200 e. The molecule has 3 aliphatic carbocycles. The first-order chi connectivity index (χ1) is 7.55. The average Bonchev–Trinajstić information content (AvgIpc) is 2.27. The molecule has 0 spiro atoms. The van der Waals surface area contributed by atoms with Crippen molar-refractivity contribution in [3.63, 3.8) is 0 Å². The van der Waals surface area contributed by atoms with Crippen LogP contribution in [-0.4, -0.2) is 0 Å². The van der Waals surface area contributed by atoms with E-state index in [0.29, 0.717) is 5.41 Å². The van der Waals surface area contributed by atoms with Crippen molar-refractivity contribution in [3.8, 4) is 0 Å². The summed E-state index contributed by atoms with van der Waals surface area (Å²) in [6.45, 7) is 10.5. The van der Waals surface area contributed by atoms with E-state index < -0.39 is 0 Å². The first kappa shape index (κ1) is 10.3. The molecule has 2 atom stereocenters. The van der Waals surface area contributed by atoms with Crippen molar-refractivity contribution in [3.05, 3.63) is 29.1 Å². The van der Waals surface area contributed by atoms with Crippen molar-refractivity contribution >= 4 is 0 Å². The largest absolute Gasteiger partial charge is 0.200 e. The second-order valence-corrected chi connectivity index (χ2v) is 6.13. The lowest BCUT2D eigenvalue weighted by atomic mass is 9.48. The molecule has 0 radical (unpaired) electrons. The Balaban J connectivity index is 2.15. The molecule has 2 bridgehead atoms. The number of nitrogens with zero attached hydrogens (tertiary/aromatic N) is 1. The molecule has 1 nitrogen and oxygen atoms in total. The number of hydrogen-bond donors (Lipinski definition) is 0. The highest BCUT2D eigenvalue weighted by Crippen LogP contribution is 2.61. The summed E-state index contributed by atoms with van der Waals surface area (Å²) >= 11 is 0. The normalized spacial score (nSPS) is 29.5. The highest BCUT2D eigenvalue weighted by Gasteiger charge is 2.55. The lowest BCUT2D eigenvalue weighted by Gasteiger charge is -2.55. The van der Waals surface area contributed by atoms with Gasteiger partial charge in [0.05, 0.1) is 0 Å². The van der Waals surface area contributed by atoms with E-state index in [4.69, 9.17) is 0 Å². The van der Waals surface area contributed by atoms with Crippen LogP contribution in [0, 0.1) is 18.3 Å². The molecule has 0 N–H and O–H groups in total. The highest BCUT2D eigenvalue weighted by atomic mass is 15.0. The molecule has 1 saturated carbocycles. The molecular weight excluding hydrogens is 194 g/mol. The number of aryl methyl sites for hydroxylation is 1. The zero-order chi connectivity index (χ0) is 11.5. The van der Waals surface area contributed by atoms with Crippen molar-refractivity contribution in [1.82, 2.24) is 0 Å². The van der Waals surface area contributed by atoms with Gasteiger partial charge in [0.15, 0.2) is 11.4 Å². The molecule has 4 rings (SSSR count). The molecule has 0 aromatic carbocycles. The third kappa shape index (κ3) is 1.09. The number of hydrogen-bond acceptors (Lipinski definition) is 0. The van der Waals surface area contributed by atoms with E-state index in [0.717, 1.165) is 18.4 Å². The topological polar surface area (TPSA) is 3.88 Å². The quantitative estimate of drug-likeness (QED) is 0.635. The van der Waals surface area contributed by atoms with Gasteiger partial charge in [0, 0.05) is 25.0 Å². The molecule has 1 aromatic rings. The average molecular weight is 216 g/mol. The molecular formula is C15H22N+. The van der Waals surface area contributed by atoms with Gasteiger partial charge in [0.1, 0.15) is 6.54 Å². The van der Waals surface area contributed by atoms with Gasteiger partial charge in [-0.3, -0.25) is 0 Å². The Labute approximate surface area is 98.5 Å². The first-order valence-corrected chi connectivity index (χ1v) is 6.58. The Hall–Kier alpha value is -0.850. The molecule has 0 unspecified atom stereocenters. The van der Waals surface area contributed by atoms with Crippen LogP contribution in [0.1, 0.15) is 50.1 Å². The maximum absolute atomic E-state index is 2.52. The van der Waals surface area contributed by atoms with E-state index >= 15 is 0 Å². The fourth-order valence-corrected chi connectivity index (χ4v) is 3.87. The zero-order valence-corrected chi connectivity index (χ0v) is 10.9. The molecule has 1 heteroatoms. The third-order valence-corrected chi connectivity index (χ3v) is 5.19. The highest BCUT2D eigenvalue weighted by molar-refractivity contribution is 5.33. The minimum atomic E-state index is 0.549. The Kier molecular flexibility index (Phi) is 1.99. The van der Waals surface area contributed by atoms with Crippen LogP contribution in [0.2, 0.25) is 0 Å². The lowest BCUT2D eigenvalue weighted by Crippen LogP contribution is -2.54. The second kappa shape index (κ2) is 3.09. The Morgan fingerprint density at radius 2 is 2.12 bits per heavy atom. The summed E-state index contributed by atoms with van der Waals surface area (Å²) in [5.41, 5.74) is 5.23. The van der Waals surface area contributed by atoms with Crippen LogP contribution in [-0.2, 0) is 13.0 Å². The SMILES string of the molecule is CC[n+]1c(C)ccc2c1C[C@H]1C[C@@H]2C1(C)C. The Morgan fingerprint density at radius 3 is 2.75 bits per heavy atom. The molecule has 1 aromatic heterocycles. The second-order valence-electron chi connectivity index (χ2n) is 6.13. The standard InChI is InChI=1S/C15H22N/c1-5-16-10(2)6-7-12-13-8-11(9-14(12)16)15(13,3)4/h6-7,11,13H,5,8-9H2,1-4H3/q+1/t11-,13+/m1/s1. The van der Waals surface area contributed by atoms with E-state index in [-0.39, 0.29) is 0 Å². The van der Waals surface area contributed by atoms with Crippen molar-refractivity contribution < 1.29 is 4.57 Å². The van der Waals surface area contributed by atoms with Crippen molar-refractivity contribution in [1.29, 1.82) is 0 Å². The minimum absolute atomic E-state index is 0.549. The predicted molar refractivity (Wildman–Crippen MR) is 65.4 cm³/mol. The van der Waals surface area contributed by atoms with Crippen molar-refractivity contribution in [2.75, 3.05) is 0 Å². The fraction of sp³-hybridized carbons (Fsp3) is 0.667. The third-order valence-electron chi connectivity index (χ3n) is 5.19. The van der Waals surface area contributed by atoms with E-state index in [1.165, 1.54) is 18.5 Å². The van der Waals surface area contributed by atoms with Crippen LogP contribution in [0.5, 0.6) is 0 Å². The van der Waals surface area contributed by atoms with E-state index in [2.05, 4.69) is 44.4 Å². The molecule has 0 saturated heterocycles. The van der Waals surface area contributed by atoms with Gasteiger partial charge in [0.2, 0.25) is 0 Å². The van der Waals surface area contributed by atoms with Crippen LogP contribution >= 0.6 is 0 Å². The predicted octanol–water partition coefficient (Wildman–Crippen LogP) is 2.99. The molecule has 1 fully saturated rings.